The summed E-state index contributed by atoms with van der Waals surface area (Å²) in [5, 5.41) is 4.25. The topological polar surface area (TPSA) is 78.2 Å². The Morgan fingerprint density at radius 3 is 2.32 bits per heavy atom. The van der Waals surface area contributed by atoms with E-state index in [1.54, 1.807) is 43.9 Å². The van der Waals surface area contributed by atoms with E-state index < -0.39 is 23.6 Å². The summed E-state index contributed by atoms with van der Waals surface area (Å²) in [6.07, 6.45) is -2.88. The molecule has 11 heteroatoms. The maximum atomic E-state index is 14.1. The summed E-state index contributed by atoms with van der Waals surface area (Å²) < 4.78 is 59.0. The van der Waals surface area contributed by atoms with E-state index in [4.69, 9.17) is 14.2 Å². The number of fused-ring (bicyclic) bond motifs is 1. The number of aromatic nitrogens is 3. The van der Waals surface area contributed by atoms with E-state index in [1.807, 2.05) is 13.0 Å². The number of hydrogen-bond donors (Lipinski definition) is 0. The highest BCUT2D eigenvalue weighted by Crippen LogP contribution is 2.36. The Hall–Kier alpha value is -3.76. The first-order valence-electron chi connectivity index (χ1n) is 11.7. The maximum absolute atomic E-state index is 14.1. The fourth-order valence-electron chi connectivity index (χ4n) is 4.18. The largest absolute Gasteiger partial charge is 0.493 e. The fourth-order valence-corrected chi connectivity index (χ4v) is 4.18. The van der Waals surface area contributed by atoms with Crippen molar-refractivity contribution < 1.29 is 32.2 Å². The van der Waals surface area contributed by atoms with Crippen molar-refractivity contribution in [1.29, 1.82) is 0 Å². The third-order valence-electron chi connectivity index (χ3n) is 5.91. The summed E-state index contributed by atoms with van der Waals surface area (Å²) in [6, 6.07) is 6.98. The van der Waals surface area contributed by atoms with Gasteiger partial charge < -0.3 is 19.1 Å². The predicted octanol–water partition coefficient (Wildman–Crippen LogP) is 5.85. The van der Waals surface area contributed by atoms with Gasteiger partial charge in [0.15, 0.2) is 22.8 Å². The van der Waals surface area contributed by atoms with Gasteiger partial charge in [0.05, 0.1) is 31.6 Å². The molecule has 1 aromatic carbocycles. The van der Waals surface area contributed by atoms with Crippen LogP contribution in [0.4, 0.5) is 18.0 Å². The lowest BCUT2D eigenvalue weighted by atomic mass is 10.0. The minimum Gasteiger partial charge on any atom is -0.493 e. The summed E-state index contributed by atoms with van der Waals surface area (Å²) in [7, 11) is 2.93. The second kappa shape index (κ2) is 9.60. The van der Waals surface area contributed by atoms with Gasteiger partial charge in [0, 0.05) is 18.2 Å². The van der Waals surface area contributed by atoms with Crippen LogP contribution < -0.4 is 9.47 Å². The Labute approximate surface area is 212 Å². The van der Waals surface area contributed by atoms with Crippen LogP contribution in [-0.4, -0.2) is 58.0 Å². The Balaban J connectivity index is 1.74. The van der Waals surface area contributed by atoms with Gasteiger partial charge in [-0.3, -0.25) is 0 Å². The van der Waals surface area contributed by atoms with Crippen molar-refractivity contribution >= 4 is 17.3 Å². The molecule has 3 aromatic rings. The summed E-state index contributed by atoms with van der Waals surface area (Å²) >= 11 is 0. The highest BCUT2D eigenvalue weighted by molar-refractivity contribution is 5.74. The van der Waals surface area contributed by atoms with Crippen LogP contribution in [0.3, 0.4) is 0 Å². The van der Waals surface area contributed by atoms with Crippen LogP contribution in [0, 0.1) is 0 Å². The zero-order valence-electron chi connectivity index (χ0n) is 21.5. The van der Waals surface area contributed by atoms with Crippen LogP contribution in [0.2, 0.25) is 0 Å². The highest BCUT2D eigenvalue weighted by atomic mass is 19.4. The number of ether oxygens (including phenoxy) is 3. The zero-order valence-corrected chi connectivity index (χ0v) is 21.5. The number of hydrogen-bond acceptors (Lipinski definition) is 6. The van der Waals surface area contributed by atoms with Crippen LogP contribution in [0.1, 0.15) is 45.5 Å². The lowest BCUT2D eigenvalue weighted by Gasteiger charge is -2.33. The Bertz CT molecular complexity index is 1360. The molecule has 0 radical (unpaired) electrons. The monoisotopic (exact) mass is 518 g/mol. The van der Waals surface area contributed by atoms with E-state index >= 15 is 0 Å². The molecule has 0 bridgehead atoms. The molecule has 4 rings (SSSR count). The van der Waals surface area contributed by atoms with Gasteiger partial charge in [-0.25, -0.2) is 14.3 Å². The molecule has 1 amide bonds. The fraction of sp³-hybridized carbons (Fsp3) is 0.423. The van der Waals surface area contributed by atoms with Crippen molar-refractivity contribution in [3.05, 3.63) is 47.8 Å². The Kier molecular flexibility index (Phi) is 6.83. The molecule has 1 aliphatic heterocycles. The van der Waals surface area contributed by atoms with Gasteiger partial charge in [-0.15, -0.1) is 0 Å². The Morgan fingerprint density at radius 1 is 1.03 bits per heavy atom. The SMILES string of the molecule is COc1ccc(-c2cc(C(F)(F)F)n3nc(C4=CC(C)N(C(=O)OC(C)(C)C)CC4)cc3n2)cc1OC. The van der Waals surface area contributed by atoms with E-state index in [2.05, 4.69) is 10.1 Å². The second-order valence-corrected chi connectivity index (χ2v) is 9.75. The van der Waals surface area contributed by atoms with E-state index in [9.17, 15) is 18.0 Å². The van der Waals surface area contributed by atoms with Crippen molar-refractivity contribution in [3.63, 3.8) is 0 Å². The van der Waals surface area contributed by atoms with Crippen molar-refractivity contribution in [2.45, 2.75) is 51.9 Å². The number of carbonyl (C=O) groups excluding carboxylic acids is 1. The molecule has 2 aromatic heterocycles. The maximum Gasteiger partial charge on any atom is 0.433 e. The molecule has 37 heavy (non-hydrogen) atoms. The van der Waals surface area contributed by atoms with Crippen LogP contribution in [-0.2, 0) is 10.9 Å². The first kappa shape index (κ1) is 26.3. The van der Waals surface area contributed by atoms with Crippen molar-refractivity contribution in [3.8, 4) is 22.8 Å². The number of halogens is 3. The summed E-state index contributed by atoms with van der Waals surface area (Å²) in [4.78, 5) is 18.6. The number of amides is 1. The van der Waals surface area contributed by atoms with Crippen molar-refractivity contribution in [2.24, 2.45) is 0 Å². The molecule has 1 aliphatic rings. The molecule has 3 heterocycles. The molecule has 1 unspecified atom stereocenters. The molecular weight excluding hydrogens is 489 g/mol. The number of carbonyl (C=O) groups is 1. The third-order valence-corrected chi connectivity index (χ3v) is 5.91. The van der Waals surface area contributed by atoms with Crippen molar-refractivity contribution in [1.82, 2.24) is 19.5 Å². The molecule has 8 nitrogen and oxygen atoms in total. The number of methoxy groups -OCH3 is 2. The average Bonchev–Trinajstić information content (AvgIpc) is 3.25. The molecule has 0 spiro atoms. The molecule has 0 saturated heterocycles. The molecule has 198 valence electrons. The molecule has 0 fully saturated rings. The normalized spacial score (nSPS) is 16.5. The summed E-state index contributed by atoms with van der Waals surface area (Å²) in [6.45, 7) is 7.55. The highest BCUT2D eigenvalue weighted by Gasteiger charge is 2.36. The Morgan fingerprint density at radius 2 is 1.73 bits per heavy atom. The smallest absolute Gasteiger partial charge is 0.433 e. The predicted molar refractivity (Wildman–Crippen MR) is 132 cm³/mol. The first-order chi connectivity index (χ1) is 17.3. The first-order valence-corrected chi connectivity index (χ1v) is 11.7. The van der Waals surface area contributed by atoms with Gasteiger partial charge in [-0.05, 0) is 64.0 Å². The summed E-state index contributed by atoms with van der Waals surface area (Å²) in [5.74, 6) is 0.828. The van der Waals surface area contributed by atoms with E-state index in [0.717, 1.165) is 16.2 Å². The zero-order chi connectivity index (χ0) is 27.1. The van der Waals surface area contributed by atoms with Gasteiger partial charge in [-0.1, -0.05) is 6.08 Å². The van der Waals surface area contributed by atoms with Gasteiger partial charge in [0.25, 0.3) is 0 Å². The van der Waals surface area contributed by atoms with Crippen LogP contribution in [0.15, 0.2) is 36.4 Å². The van der Waals surface area contributed by atoms with Gasteiger partial charge in [-0.2, -0.15) is 18.3 Å². The van der Waals surface area contributed by atoms with E-state index in [-0.39, 0.29) is 17.4 Å². The molecule has 0 saturated carbocycles. The minimum atomic E-state index is -4.67. The molecule has 1 atom stereocenters. The van der Waals surface area contributed by atoms with Crippen LogP contribution in [0.25, 0.3) is 22.5 Å². The number of benzene rings is 1. The average molecular weight is 519 g/mol. The second-order valence-electron chi connectivity index (χ2n) is 9.75. The third kappa shape index (κ3) is 5.50. The van der Waals surface area contributed by atoms with Crippen LogP contribution in [0.5, 0.6) is 11.5 Å². The quantitative estimate of drug-likeness (QED) is 0.432. The summed E-state index contributed by atoms with van der Waals surface area (Å²) in [5.41, 5.74) is 0.136. The molecule has 0 N–H and O–H groups in total. The lowest BCUT2D eigenvalue weighted by Crippen LogP contribution is -2.43. The molecular formula is C26H29F3N4O4. The molecule has 0 aliphatic carbocycles. The van der Waals surface area contributed by atoms with E-state index in [0.29, 0.717) is 35.7 Å². The van der Waals surface area contributed by atoms with Crippen molar-refractivity contribution in [2.75, 3.05) is 20.8 Å². The minimum absolute atomic E-state index is 0.0535. The number of nitrogens with zero attached hydrogens (tertiary/aromatic N) is 4. The number of alkyl halides is 3. The number of rotatable bonds is 4. The van der Waals surface area contributed by atoms with Gasteiger partial charge >= 0.3 is 12.3 Å². The van der Waals surface area contributed by atoms with Gasteiger partial charge in [0.2, 0.25) is 0 Å². The van der Waals surface area contributed by atoms with E-state index in [1.165, 1.54) is 20.3 Å². The lowest BCUT2D eigenvalue weighted by molar-refractivity contribution is -0.142. The van der Waals surface area contributed by atoms with Crippen LogP contribution >= 0.6 is 0 Å². The standard InChI is InChI=1S/C26H29F3N4O4/c1-15-11-17(9-10-32(15)24(34)37-25(2,3)4)19-14-23-30-18(13-22(26(27,28)29)33(23)31-19)16-7-8-20(35-5)21(12-16)36-6/h7-8,11-15H,9-10H2,1-6H3. The van der Waals surface area contributed by atoms with Gasteiger partial charge in [0.1, 0.15) is 5.60 Å².